The maximum absolute atomic E-state index is 12.3. The third-order valence-corrected chi connectivity index (χ3v) is 5.59. The Hall–Kier alpha value is -0.860. The molecule has 1 aliphatic heterocycles. The van der Waals surface area contributed by atoms with E-state index in [1.807, 2.05) is 0 Å². The monoisotopic (exact) mass is 293 g/mol. The minimum atomic E-state index is -0.0483. The van der Waals surface area contributed by atoms with E-state index in [4.69, 9.17) is 0 Å². The number of piperidine rings is 1. The molecule has 21 heavy (non-hydrogen) atoms. The van der Waals surface area contributed by atoms with Gasteiger partial charge in [-0.2, -0.15) is 0 Å². The topological polar surface area (TPSA) is 46.2 Å². The van der Waals surface area contributed by atoms with Crippen LogP contribution >= 0.6 is 0 Å². The highest BCUT2D eigenvalue weighted by Gasteiger charge is 2.46. The van der Waals surface area contributed by atoms with Gasteiger partial charge in [0.15, 0.2) is 0 Å². The highest BCUT2D eigenvalue weighted by Crippen LogP contribution is 2.46. The average molecular weight is 293 g/mol. The second kappa shape index (κ2) is 7.95. The van der Waals surface area contributed by atoms with Crippen LogP contribution in [0, 0.1) is 11.3 Å². The molecule has 2 amide bonds. The molecule has 1 heterocycles. The summed E-state index contributed by atoms with van der Waals surface area (Å²) in [7, 11) is 0. The van der Waals surface area contributed by atoms with Gasteiger partial charge in [-0.1, -0.05) is 64.7 Å². The molecule has 1 unspecified atom stereocenters. The second-order valence-corrected chi connectivity index (χ2v) is 7.09. The van der Waals surface area contributed by atoms with Crippen LogP contribution in [0.2, 0.25) is 0 Å². The van der Waals surface area contributed by atoms with Gasteiger partial charge in [-0.05, 0) is 24.7 Å². The molecule has 1 aliphatic carbocycles. The van der Waals surface area contributed by atoms with E-state index in [-0.39, 0.29) is 23.1 Å². The van der Waals surface area contributed by atoms with E-state index < -0.39 is 0 Å². The molecule has 1 N–H and O–H groups in total. The van der Waals surface area contributed by atoms with Gasteiger partial charge in [0.05, 0.1) is 0 Å². The maximum atomic E-state index is 12.3. The van der Waals surface area contributed by atoms with Gasteiger partial charge < -0.3 is 0 Å². The zero-order valence-corrected chi connectivity index (χ0v) is 13.6. The van der Waals surface area contributed by atoms with E-state index in [0.717, 1.165) is 19.3 Å². The van der Waals surface area contributed by atoms with Crippen molar-refractivity contribution < 1.29 is 9.59 Å². The fourth-order valence-electron chi connectivity index (χ4n) is 4.45. The first-order valence-electron chi connectivity index (χ1n) is 9.02. The summed E-state index contributed by atoms with van der Waals surface area (Å²) < 4.78 is 0. The molecule has 1 spiro atoms. The van der Waals surface area contributed by atoms with E-state index in [1.54, 1.807) is 0 Å². The summed E-state index contributed by atoms with van der Waals surface area (Å²) in [6, 6.07) is 0. The van der Waals surface area contributed by atoms with Crippen molar-refractivity contribution in [3.8, 4) is 0 Å². The lowest BCUT2D eigenvalue weighted by Crippen LogP contribution is -2.52. The maximum Gasteiger partial charge on any atom is 0.230 e. The van der Waals surface area contributed by atoms with Crippen molar-refractivity contribution in [3.63, 3.8) is 0 Å². The fourth-order valence-corrected chi connectivity index (χ4v) is 4.45. The first kappa shape index (κ1) is 16.5. The summed E-state index contributed by atoms with van der Waals surface area (Å²) in [6.45, 7) is 2.10. The predicted octanol–water partition coefficient (Wildman–Crippen LogP) is 4.35. The summed E-state index contributed by atoms with van der Waals surface area (Å²) in [5.41, 5.74) is -0.0483. The van der Waals surface area contributed by atoms with Crippen LogP contribution in [-0.2, 0) is 9.59 Å². The summed E-state index contributed by atoms with van der Waals surface area (Å²) in [6.07, 6.45) is 15.1. The van der Waals surface area contributed by atoms with Gasteiger partial charge in [0.1, 0.15) is 0 Å². The van der Waals surface area contributed by atoms with Crippen molar-refractivity contribution in [3.05, 3.63) is 0 Å². The molecule has 2 fully saturated rings. The molecule has 3 nitrogen and oxygen atoms in total. The van der Waals surface area contributed by atoms with Gasteiger partial charge in [-0.25, -0.2) is 0 Å². The Morgan fingerprint density at radius 2 is 1.38 bits per heavy atom. The van der Waals surface area contributed by atoms with Crippen LogP contribution in [0.3, 0.4) is 0 Å². The Balaban J connectivity index is 2.11. The van der Waals surface area contributed by atoms with E-state index in [2.05, 4.69) is 12.2 Å². The predicted molar refractivity (Wildman–Crippen MR) is 84.8 cm³/mol. The van der Waals surface area contributed by atoms with Crippen molar-refractivity contribution in [2.24, 2.45) is 11.3 Å². The minimum absolute atomic E-state index is 0.0131. The van der Waals surface area contributed by atoms with Crippen LogP contribution < -0.4 is 5.32 Å². The van der Waals surface area contributed by atoms with Crippen molar-refractivity contribution in [2.45, 2.75) is 90.4 Å². The Kier molecular flexibility index (Phi) is 6.25. The summed E-state index contributed by atoms with van der Waals surface area (Å²) >= 11 is 0. The third-order valence-electron chi connectivity index (χ3n) is 5.59. The second-order valence-electron chi connectivity index (χ2n) is 7.09. The van der Waals surface area contributed by atoms with Crippen LogP contribution in [0.25, 0.3) is 0 Å². The number of hydrogen-bond donors (Lipinski definition) is 1. The van der Waals surface area contributed by atoms with E-state index >= 15 is 0 Å². The number of nitrogens with one attached hydrogen (secondary N) is 1. The Bertz CT molecular complexity index is 352. The zero-order valence-electron chi connectivity index (χ0n) is 13.6. The highest BCUT2D eigenvalue weighted by molar-refractivity contribution is 5.99. The molecule has 0 bridgehead atoms. The van der Waals surface area contributed by atoms with Gasteiger partial charge in [-0.15, -0.1) is 0 Å². The molecule has 1 atom stereocenters. The van der Waals surface area contributed by atoms with Gasteiger partial charge in [0, 0.05) is 12.3 Å². The van der Waals surface area contributed by atoms with Gasteiger partial charge in [0.25, 0.3) is 0 Å². The Morgan fingerprint density at radius 3 is 1.86 bits per heavy atom. The standard InChI is InChI=1S/C18H31NO2/c1-2-15-17(21)19-16(20)14-18(15)12-10-8-6-4-3-5-7-9-11-13-18/h15H,2-14H2,1H3,(H,19,20,21). The Morgan fingerprint density at radius 1 is 0.905 bits per heavy atom. The van der Waals surface area contributed by atoms with Gasteiger partial charge in [-0.3, -0.25) is 14.9 Å². The van der Waals surface area contributed by atoms with E-state index in [1.165, 1.54) is 57.8 Å². The van der Waals surface area contributed by atoms with Crippen LogP contribution in [-0.4, -0.2) is 11.8 Å². The molecule has 0 radical (unpaired) electrons. The smallest absolute Gasteiger partial charge is 0.230 e. The van der Waals surface area contributed by atoms with E-state index in [9.17, 15) is 9.59 Å². The number of amides is 2. The van der Waals surface area contributed by atoms with Crippen molar-refractivity contribution in [1.29, 1.82) is 0 Å². The van der Waals surface area contributed by atoms with Crippen LogP contribution in [0.1, 0.15) is 90.4 Å². The molecular weight excluding hydrogens is 262 g/mol. The molecule has 1 saturated carbocycles. The zero-order chi connectivity index (χ0) is 15.1. The number of hydrogen-bond acceptors (Lipinski definition) is 2. The number of rotatable bonds is 1. The molecule has 0 aromatic carbocycles. The molecule has 2 aliphatic rings. The van der Waals surface area contributed by atoms with Gasteiger partial charge >= 0.3 is 0 Å². The molecule has 0 aromatic heterocycles. The highest BCUT2D eigenvalue weighted by atomic mass is 16.2. The quantitative estimate of drug-likeness (QED) is 0.731. The molecular formula is C18H31NO2. The SMILES string of the molecule is CCC1C(=O)NC(=O)CC12CCCCCCCCCCC2. The van der Waals surface area contributed by atoms with Crippen LogP contribution in [0.15, 0.2) is 0 Å². The lowest BCUT2D eigenvalue weighted by molar-refractivity contribution is -0.145. The summed E-state index contributed by atoms with van der Waals surface area (Å²) in [5, 5.41) is 2.56. The third kappa shape index (κ3) is 4.31. The molecule has 2 rings (SSSR count). The summed E-state index contributed by atoms with van der Waals surface area (Å²) in [4.78, 5) is 24.2. The summed E-state index contributed by atoms with van der Waals surface area (Å²) in [5.74, 6) is -0.0178. The molecule has 1 saturated heterocycles. The lowest BCUT2D eigenvalue weighted by Gasteiger charge is -2.43. The fraction of sp³-hybridized carbons (Fsp3) is 0.889. The van der Waals surface area contributed by atoms with Crippen molar-refractivity contribution in [1.82, 2.24) is 5.32 Å². The van der Waals surface area contributed by atoms with E-state index in [0.29, 0.717) is 6.42 Å². The van der Waals surface area contributed by atoms with Crippen LogP contribution in [0.4, 0.5) is 0 Å². The lowest BCUT2D eigenvalue weighted by atomic mass is 9.63. The normalized spacial score (nSPS) is 28.5. The first-order chi connectivity index (χ1) is 10.2. The first-order valence-corrected chi connectivity index (χ1v) is 9.02. The number of carbonyl (C=O) groups excluding carboxylic acids is 2. The molecule has 0 aromatic rings. The van der Waals surface area contributed by atoms with Crippen molar-refractivity contribution >= 4 is 11.8 Å². The number of imide groups is 1. The average Bonchev–Trinajstić information content (AvgIpc) is 2.42. The number of carbonyl (C=O) groups is 2. The van der Waals surface area contributed by atoms with Crippen molar-refractivity contribution in [2.75, 3.05) is 0 Å². The Labute approximate surface area is 129 Å². The largest absolute Gasteiger partial charge is 0.296 e. The van der Waals surface area contributed by atoms with Gasteiger partial charge in [0.2, 0.25) is 11.8 Å². The minimum Gasteiger partial charge on any atom is -0.296 e. The van der Waals surface area contributed by atoms with Crippen LogP contribution in [0.5, 0.6) is 0 Å². The molecule has 3 heteroatoms. The molecule has 120 valence electrons.